The molecule has 1 heterocycles. The van der Waals surface area contributed by atoms with Gasteiger partial charge in [0.15, 0.2) is 23.0 Å². The number of benzene rings is 3. The topological polar surface area (TPSA) is 157 Å². The summed E-state index contributed by atoms with van der Waals surface area (Å²) in [5.41, 5.74) is 3.30. The smallest absolute Gasteiger partial charge is 0.410 e. The van der Waals surface area contributed by atoms with E-state index >= 15 is 0 Å². The lowest BCUT2D eigenvalue weighted by atomic mass is 9.52. The number of ether oxygens (including phenoxy) is 7. The van der Waals surface area contributed by atoms with Crippen molar-refractivity contribution in [2.45, 2.75) is 136 Å². The fraction of sp³-hybridized carbons (Fsp3) is 0.585. The number of hydrogen-bond donors (Lipinski definition) is 2. The molecule has 1 aliphatic heterocycles. The number of carbonyl (C=O) groups is 4. The maximum absolute atomic E-state index is 13.2. The second kappa shape index (κ2) is 20.7. The summed E-state index contributed by atoms with van der Waals surface area (Å²) in [5.74, 6) is 0.798. The highest BCUT2D eigenvalue weighted by atomic mass is 16.7. The summed E-state index contributed by atoms with van der Waals surface area (Å²) in [7, 11) is 4.70. The maximum atomic E-state index is 13.2. The van der Waals surface area contributed by atoms with Crippen molar-refractivity contribution >= 4 is 24.0 Å². The first-order valence-corrected chi connectivity index (χ1v) is 23.8. The highest BCUT2D eigenvalue weighted by Crippen LogP contribution is 2.57. The molecule has 6 atom stereocenters. The number of carbonyl (C=O) groups excluding carboxylic acids is 4. The summed E-state index contributed by atoms with van der Waals surface area (Å²) in [6, 6.07) is 18.6. The predicted octanol–water partition coefficient (Wildman–Crippen LogP) is 9.55. The number of amides is 1. The van der Waals surface area contributed by atoms with Crippen molar-refractivity contribution in [3.8, 4) is 23.0 Å². The van der Waals surface area contributed by atoms with Crippen LogP contribution in [-0.4, -0.2) is 69.8 Å². The van der Waals surface area contributed by atoms with E-state index < -0.39 is 18.4 Å². The van der Waals surface area contributed by atoms with Crippen LogP contribution in [0.5, 0.6) is 23.0 Å². The minimum Gasteiger partial charge on any atom is -0.493 e. The van der Waals surface area contributed by atoms with E-state index in [-0.39, 0.29) is 57.9 Å². The Labute approximate surface area is 390 Å². The van der Waals surface area contributed by atoms with Gasteiger partial charge >= 0.3 is 24.0 Å². The minimum atomic E-state index is -0.978. The highest BCUT2D eigenvalue weighted by Gasteiger charge is 2.53. The lowest BCUT2D eigenvalue weighted by Gasteiger charge is -2.57. The van der Waals surface area contributed by atoms with Gasteiger partial charge in [-0.05, 0) is 140 Å². The van der Waals surface area contributed by atoms with Gasteiger partial charge in [0.25, 0.3) is 0 Å². The molecule has 3 aromatic carbocycles. The van der Waals surface area contributed by atoms with E-state index in [1.165, 1.54) is 20.0 Å². The van der Waals surface area contributed by atoms with E-state index in [4.69, 9.17) is 33.2 Å². The van der Waals surface area contributed by atoms with Gasteiger partial charge in [-0.1, -0.05) is 58.4 Å². The molecule has 2 N–H and O–H groups in total. The van der Waals surface area contributed by atoms with Gasteiger partial charge in [0, 0.05) is 31.0 Å². The number of esters is 3. The molecule has 3 aliphatic carbocycles. The Morgan fingerprint density at radius 2 is 1.39 bits per heavy atom. The van der Waals surface area contributed by atoms with Crippen LogP contribution in [0.4, 0.5) is 4.79 Å². The van der Waals surface area contributed by atoms with E-state index in [0.29, 0.717) is 67.6 Å². The Morgan fingerprint density at radius 1 is 0.758 bits per heavy atom. The van der Waals surface area contributed by atoms with Gasteiger partial charge in [0.1, 0.15) is 0 Å². The van der Waals surface area contributed by atoms with Crippen LogP contribution in [0.25, 0.3) is 0 Å². The summed E-state index contributed by atoms with van der Waals surface area (Å²) in [4.78, 5) is 52.5. The molecule has 0 radical (unpaired) electrons. The van der Waals surface area contributed by atoms with Crippen LogP contribution in [0, 0.1) is 34.5 Å². The number of fused-ring (bicyclic) bond motifs is 2. The van der Waals surface area contributed by atoms with Gasteiger partial charge in [-0.2, -0.15) is 0 Å². The average molecular weight is 911 g/mol. The van der Waals surface area contributed by atoms with E-state index in [1.807, 2.05) is 36.4 Å². The maximum Gasteiger partial charge on any atom is 0.410 e. The summed E-state index contributed by atoms with van der Waals surface area (Å²) in [5, 5.41) is 6.86. The molecular formula is C53H70N2O11. The number of rotatable bonds is 17. The third kappa shape index (κ3) is 12.0. The zero-order chi connectivity index (χ0) is 47.2. The second-order valence-corrected chi connectivity index (χ2v) is 20.6. The number of nitrogens with one attached hydrogen (secondary N) is 2. The Bertz CT molecular complexity index is 2200. The molecule has 7 rings (SSSR count). The average Bonchev–Trinajstić information content (AvgIpc) is 3.61. The van der Waals surface area contributed by atoms with Crippen LogP contribution in [0.3, 0.4) is 0 Å². The Kier molecular flexibility index (Phi) is 15.2. The zero-order valence-electron chi connectivity index (χ0n) is 40.1. The SMILES string of the molecule is CCC1(C)CC2CC(C)(C)CC(NC(=O)OC(C)OC(=O)[C@H]3CC[C@@H](NCc4ccc(C(=O)Oc5ccc(C[C@H]6C(=O)OC[C@@H]6Cc6ccc(OC)c(OC)c6)cc5OC)cc4)CC3)(C2)C1. The number of methoxy groups -OCH3 is 3. The number of hydrogen-bond acceptors (Lipinski definition) is 12. The molecule has 4 unspecified atom stereocenters. The fourth-order valence-corrected chi connectivity index (χ4v) is 11.7. The second-order valence-electron chi connectivity index (χ2n) is 20.6. The molecule has 0 aromatic heterocycles. The Balaban J connectivity index is 0.833. The lowest BCUT2D eigenvalue weighted by molar-refractivity contribution is -0.171. The van der Waals surface area contributed by atoms with Crippen LogP contribution in [0.2, 0.25) is 0 Å². The van der Waals surface area contributed by atoms with E-state index in [1.54, 1.807) is 45.4 Å². The Morgan fingerprint density at radius 3 is 2.06 bits per heavy atom. The molecule has 3 saturated carbocycles. The molecule has 66 heavy (non-hydrogen) atoms. The summed E-state index contributed by atoms with van der Waals surface area (Å²) in [6.07, 6.45) is 8.80. The molecule has 358 valence electrons. The summed E-state index contributed by atoms with van der Waals surface area (Å²) < 4.78 is 39.0. The zero-order valence-corrected chi connectivity index (χ0v) is 40.1. The molecule has 1 amide bonds. The number of cyclic esters (lactones) is 1. The third-order valence-corrected chi connectivity index (χ3v) is 14.6. The molecule has 4 fully saturated rings. The fourth-order valence-electron chi connectivity index (χ4n) is 11.7. The van der Waals surface area contributed by atoms with Gasteiger partial charge in [-0.25, -0.2) is 9.59 Å². The van der Waals surface area contributed by atoms with Crippen molar-refractivity contribution in [3.63, 3.8) is 0 Å². The van der Waals surface area contributed by atoms with E-state index in [0.717, 1.165) is 55.2 Å². The van der Waals surface area contributed by atoms with Crippen molar-refractivity contribution in [1.29, 1.82) is 0 Å². The van der Waals surface area contributed by atoms with E-state index in [2.05, 4.69) is 38.3 Å². The molecule has 4 aliphatic rings. The lowest BCUT2D eigenvalue weighted by Crippen LogP contribution is -2.60. The first kappa shape index (κ1) is 48.6. The van der Waals surface area contributed by atoms with Crippen molar-refractivity contribution in [3.05, 3.63) is 82.9 Å². The van der Waals surface area contributed by atoms with Crippen LogP contribution < -0.4 is 29.6 Å². The monoisotopic (exact) mass is 910 g/mol. The third-order valence-electron chi connectivity index (χ3n) is 14.6. The van der Waals surface area contributed by atoms with Crippen molar-refractivity contribution in [2.24, 2.45) is 34.5 Å². The van der Waals surface area contributed by atoms with Gasteiger partial charge in [-0.3, -0.25) is 9.59 Å². The van der Waals surface area contributed by atoms with Crippen LogP contribution >= 0.6 is 0 Å². The van der Waals surface area contributed by atoms with Crippen molar-refractivity contribution in [2.75, 3.05) is 27.9 Å². The van der Waals surface area contributed by atoms with Gasteiger partial charge in [-0.15, -0.1) is 0 Å². The molecule has 2 bridgehead atoms. The normalized spacial score (nSPS) is 27.2. The van der Waals surface area contributed by atoms with Crippen molar-refractivity contribution < 1.29 is 52.3 Å². The Hall–Kier alpha value is -5.30. The van der Waals surface area contributed by atoms with Crippen molar-refractivity contribution in [1.82, 2.24) is 10.6 Å². The van der Waals surface area contributed by atoms with Crippen LogP contribution in [0.15, 0.2) is 60.7 Å². The first-order chi connectivity index (χ1) is 31.5. The predicted molar refractivity (Wildman–Crippen MR) is 249 cm³/mol. The van der Waals surface area contributed by atoms with Gasteiger partial charge in [0.2, 0.25) is 6.29 Å². The standard InChI is InChI=1S/C53H70N2O11/c1-9-52(5)27-37-26-51(3,4)31-53(28-37,32-52)55-50(59)65-33(2)64-47(56)39-16-18-41(19-17-39)54-29-34-10-14-38(15-11-34)48(57)66-44-21-13-36(25-46(44)62-8)23-42-40(30-63-49(42)58)22-35-12-20-43(60-6)45(24-35)61-7/h10-15,20-21,24-25,33,37,39-42,54H,9,16-19,22-23,26-32H2,1-8H3,(H,55,59)/t33?,37?,39-,40-,41+,42+,52?,53?/m0/s1. The molecule has 0 spiro atoms. The van der Waals surface area contributed by atoms with Gasteiger partial charge in [0.05, 0.1) is 45.3 Å². The molecule has 13 heteroatoms. The highest BCUT2D eigenvalue weighted by molar-refractivity contribution is 5.91. The largest absolute Gasteiger partial charge is 0.493 e. The number of alkyl carbamates (subject to hydrolysis) is 1. The molecule has 13 nitrogen and oxygen atoms in total. The quantitative estimate of drug-likeness (QED) is 0.0753. The molecule has 3 aromatic rings. The minimum absolute atomic E-state index is 0.0299. The molecular weight excluding hydrogens is 841 g/mol. The first-order valence-electron chi connectivity index (χ1n) is 23.8. The van der Waals surface area contributed by atoms with Gasteiger partial charge < -0.3 is 43.8 Å². The molecule has 1 saturated heterocycles. The summed E-state index contributed by atoms with van der Waals surface area (Å²) >= 11 is 0. The van der Waals surface area contributed by atoms with Crippen LogP contribution in [0.1, 0.15) is 126 Å². The van der Waals surface area contributed by atoms with Crippen LogP contribution in [-0.2, 0) is 43.2 Å². The van der Waals surface area contributed by atoms with E-state index in [9.17, 15) is 19.2 Å². The summed E-state index contributed by atoms with van der Waals surface area (Å²) in [6.45, 7) is 11.7.